The lowest BCUT2D eigenvalue weighted by Gasteiger charge is -2.28. The van der Waals surface area contributed by atoms with Gasteiger partial charge in [0.25, 0.3) is 5.56 Å². The number of imidazole rings is 1. The van der Waals surface area contributed by atoms with Crippen molar-refractivity contribution in [1.29, 1.82) is 0 Å². The third-order valence-electron chi connectivity index (χ3n) is 5.24. The number of hydrogen-bond donors (Lipinski definition) is 0. The van der Waals surface area contributed by atoms with Crippen LogP contribution in [-0.4, -0.2) is 30.9 Å². The van der Waals surface area contributed by atoms with E-state index in [9.17, 15) is 9.59 Å². The van der Waals surface area contributed by atoms with Crippen molar-refractivity contribution < 1.29 is 0 Å². The Bertz CT molecular complexity index is 1240. The van der Waals surface area contributed by atoms with Gasteiger partial charge in [0.05, 0.1) is 18.3 Å². The van der Waals surface area contributed by atoms with Crippen LogP contribution in [0, 0.1) is 0 Å². The van der Waals surface area contributed by atoms with Crippen LogP contribution in [0.5, 0.6) is 0 Å². The van der Waals surface area contributed by atoms with Crippen molar-refractivity contribution in [3.63, 3.8) is 0 Å². The van der Waals surface area contributed by atoms with Crippen LogP contribution in [-0.2, 0) is 13.6 Å². The SMILES string of the molecule is CCN1N=C(C)C(C)n2c1nc1c2c(=O)n(Cc2ccccc2Cl)c(=O)n1C. The molecule has 146 valence electrons. The van der Waals surface area contributed by atoms with E-state index in [4.69, 9.17) is 11.6 Å². The maximum Gasteiger partial charge on any atom is 0.332 e. The Morgan fingerprint density at radius 3 is 2.61 bits per heavy atom. The summed E-state index contributed by atoms with van der Waals surface area (Å²) in [7, 11) is 1.63. The molecular weight excluding hydrogens is 380 g/mol. The lowest BCUT2D eigenvalue weighted by Crippen LogP contribution is -2.40. The predicted molar refractivity (Wildman–Crippen MR) is 111 cm³/mol. The van der Waals surface area contributed by atoms with E-state index in [1.165, 1.54) is 9.13 Å². The van der Waals surface area contributed by atoms with Gasteiger partial charge in [-0.1, -0.05) is 29.8 Å². The van der Waals surface area contributed by atoms with Gasteiger partial charge in [-0.15, -0.1) is 0 Å². The molecule has 1 atom stereocenters. The smallest absolute Gasteiger partial charge is 0.294 e. The highest BCUT2D eigenvalue weighted by Gasteiger charge is 2.30. The summed E-state index contributed by atoms with van der Waals surface area (Å²) < 4.78 is 4.49. The van der Waals surface area contributed by atoms with Gasteiger partial charge in [-0.2, -0.15) is 10.1 Å². The monoisotopic (exact) mass is 400 g/mol. The lowest BCUT2D eigenvalue weighted by atomic mass is 10.2. The molecule has 1 aliphatic rings. The van der Waals surface area contributed by atoms with E-state index in [-0.39, 0.29) is 18.1 Å². The van der Waals surface area contributed by atoms with Crippen LogP contribution < -0.4 is 16.3 Å². The van der Waals surface area contributed by atoms with Crippen molar-refractivity contribution in [2.24, 2.45) is 12.1 Å². The van der Waals surface area contributed by atoms with Crippen LogP contribution in [0.1, 0.15) is 32.4 Å². The molecular formula is C19H21ClN6O2. The van der Waals surface area contributed by atoms with E-state index < -0.39 is 5.69 Å². The molecule has 0 spiro atoms. The molecule has 9 heteroatoms. The maximum atomic E-state index is 13.4. The zero-order chi connectivity index (χ0) is 20.2. The van der Waals surface area contributed by atoms with Crippen LogP contribution in [0.15, 0.2) is 39.0 Å². The van der Waals surface area contributed by atoms with Crippen molar-refractivity contribution in [3.8, 4) is 0 Å². The molecule has 1 aromatic carbocycles. The molecule has 0 saturated heterocycles. The van der Waals surface area contributed by atoms with Crippen molar-refractivity contribution in [1.82, 2.24) is 18.7 Å². The largest absolute Gasteiger partial charge is 0.332 e. The molecule has 0 fully saturated rings. The first-order valence-corrected chi connectivity index (χ1v) is 9.50. The van der Waals surface area contributed by atoms with Gasteiger partial charge in [0, 0.05) is 18.6 Å². The molecule has 8 nitrogen and oxygen atoms in total. The van der Waals surface area contributed by atoms with E-state index in [0.717, 1.165) is 5.71 Å². The summed E-state index contributed by atoms with van der Waals surface area (Å²) >= 11 is 6.25. The molecule has 2 aromatic heterocycles. The van der Waals surface area contributed by atoms with Gasteiger partial charge >= 0.3 is 5.69 Å². The van der Waals surface area contributed by atoms with Crippen LogP contribution >= 0.6 is 11.6 Å². The first-order valence-electron chi connectivity index (χ1n) is 9.13. The van der Waals surface area contributed by atoms with Gasteiger partial charge < -0.3 is 0 Å². The molecule has 4 rings (SSSR count). The number of halogens is 1. The van der Waals surface area contributed by atoms with Crippen molar-refractivity contribution in [3.05, 3.63) is 55.7 Å². The average molecular weight is 401 g/mol. The van der Waals surface area contributed by atoms with Crippen LogP contribution in [0.25, 0.3) is 11.2 Å². The van der Waals surface area contributed by atoms with E-state index in [1.54, 1.807) is 18.1 Å². The van der Waals surface area contributed by atoms with Crippen molar-refractivity contribution >= 4 is 34.4 Å². The molecule has 3 aromatic rings. The Hall–Kier alpha value is -2.87. The minimum atomic E-state index is -0.429. The fraction of sp³-hybridized carbons (Fsp3) is 0.368. The molecule has 3 heterocycles. The summed E-state index contributed by atoms with van der Waals surface area (Å²) in [6.45, 7) is 6.56. The van der Waals surface area contributed by atoms with Crippen LogP contribution in [0.3, 0.4) is 0 Å². The second-order valence-electron chi connectivity index (χ2n) is 6.91. The lowest BCUT2D eigenvalue weighted by molar-refractivity contribution is 0.631. The molecule has 0 saturated carbocycles. The Kier molecular flexibility index (Phi) is 4.38. The summed E-state index contributed by atoms with van der Waals surface area (Å²) in [6.07, 6.45) is 0. The summed E-state index contributed by atoms with van der Waals surface area (Å²) in [4.78, 5) is 30.9. The molecule has 0 radical (unpaired) electrons. The van der Waals surface area contributed by atoms with Crippen LogP contribution in [0.4, 0.5) is 5.95 Å². The molecule has 1 aliphatic heterocycles. The fourth-order valence-corrected chi connectivity index (χ4v) is 3.73. The van der Waals surface area contributed by atoms with Crippen LogP contribution in [0.2, 0.25) is 5.02 Å². The Labute approximate surface area is 166 Å². The molecule has 1 unspecified atom stereocenters. The van der Waals surface area contributed by atoms with E-state index >= 15 is 0 Å². The predicted octanol–water partition coefficient (Wildman–Crippen LogP) is 2.38. The quantitative estimate of drug-likeness (QED) is 0.676. The molecule has 0 aliphatic carbocycles. The van der Waals surface area contributed by atoms with Gasteiger partial charge in [0.1, 0.15) is 0 Å². The van der Waals surface area contributed by atoms with Gasteiger partial charge in [0.15, 0.2) is 11.2 Å². The first kappa shape index (κ1) is 18.5. The standard InChI is InChI=1S/C19H21ClN6O2/c1-5-25-18-21-16-15(26(18)12(3)11(2)22-25)17(27)24(19(28)23(16)4)10-13-8-6-7-9-14(13)20/h6-9,12H,5,10H2,1-4H3. The van der Waals surface area contributed by atoms with Gasteiger partial charge in [-0.25, -0.2) is 9.80 Å². The maximum absolute atomic E-state index is 13.4. The topological polar surface area (TPSA) is 77.4 Å². The minimum absolute atomic E-state index is 0.0978. The highest BCUT2D eigenvalue weighted by Crippen LogP contribution is 2.29. The van der Waals surface area contributed by atoms with E-state index in [1.807, 2.05) is 43.5 Å². The highest BCUT2D eigenvalue weighted by molar-refractivity contribution is 6.31. The number of aromatic nitrogens is 4. The average Bonchev–Trinajstić information content (AvgIpc) is 3.09. The van der Waals surface area contributed by atoms with Gasteiger partial charge in [-0.3, -0.25) is 18.5 Å². The van der Waals surface area contributed by atoms with E-state index in [2.05, 4.69) is 10.1 Å². The number of nitrogens with zero attached hydrogens (tertiary/aromatic N) is 6. The second-order valence-corrected chi connectivity index (χ2v) is 7.32. The number of hydrogen-bond acceptors (Lipinski definition) is 5. The minimum Gasteiger partial charge on any atom is -0.294 e. The molecule has 0 bridgehead atoms. The zero-order valence-corrected chi connectivity index (χ0v) is 16.9. The number of hydrazone groups is 1. The van der Waals surface area contributed by atoms with Gasteiger partial charge in [-0.05, 0) is 32.4 Å². The Balaban J connectivity index is 2.02. The number of rotatable bonds is 3. The normalized spacial score (nSPS) is 16.4. The third-order valence-corrected chi connectivity index (χ3v) is 5.61. The van der Waals surface area contributed by atoms with Crippen molar-refractivity contribution in [2.75, 3.05) is 11.6 Å². The summed E-state index contributed by atoms with van der Waals surface area (Å²) in [5.74, 6) is 0.568. The number of aryl methyl sites for hydroxylation is 1. The molecule has 0 N–H and O–H groups in total. The third kappa shape index (κ3) is 2.59. The fourth-order valence-electron chi connectivity index (χ4n) is 3.53. The first-order chi connectivity index (χ1) is 13.3. The Morgan fingerprint density at radius 2 is 1.93 bits per heavy atom. The summed E-state index contributed by atoms with van der Waals surface area (Å²) in [6, 6.07) is 7.06. The highest BCUT2D eigenvalue weighted by atomic mass is 35.5. The number of fused-ring (bicyclic) bond motifs is 3. The van der Waals surface area contributed by atoms with E-state index in [0.29, 0.717) is 34.2 Å². The van der Waals surface area contributed by atoms with Crippen molar-refractivity contribution in [2.45, 2.75) is 33.4 Å². The zero-order valence-electron chi connectivity index (χ0n) is 16.2. The number of anilines is 1. The second kappa shape index (κ2) is 6.63. The molecule has 28 heavy (non-hydrogen) atoms. The van der Waals surface area contributed by atoms with Gasteiger partial charge in [0.2, 0.25) is 5.95 Å². The molecule has 0 amide bonds. The summed E-state index contributed by atoms with van der Waals surface area (Å²) in [5.41, 5.74) is 1.53. The Morgan fingerprint density at radius 1 is 1.21 bits per heavy atom. The summed E-state index contributed by atoms with van der Waals surface area (Å²) in [5, 5.41) is 6.82. The number of benzene rings is 1.